The van der Waals surface area contributed by atoms with Gasteiger partial charge in [0, 0.05) is 25.7 Å². The second-order valence-corrected chi connectivity index (χ2v) is 6.27. The van der Waals surface area contributed by atoms with Gasteiger partial charge in [0.25, 0.3) is 0 Å². The molecular formula is C15H30N2O3. The molecular weight excluding hydrogens is 256 g/mol. The van der Waals surface area contributed by atoms with E-state index in [1.54, 1.807) is 0 Å². The van der Waals surface area contributed by atoms with E-state index < -0.39 is 5.54 Å². The van der Waals surface area contributed by atoms with Crippen molar-refractivity contribution in [3.63, 3.8) is 0 Å². The van der Waals surface area contributed by atoms with Gasteiger partial charge in [0.05, 0.1) is 13.2 Å². The van der Waals surface area contributed by atoms with Gasteiger partial charge in [-0.1, -0.05) is 0 Å². The van der Waals surface area contributed by atoms with Gasteiger partial charge >= 0.3 is 5.97 Å². The molecule has 1 fully saturated rings. The minimum atomic E-state index is -0.631. The highest BCUT2D eigenvalue weighted by Crippen LogP contribution is 2.16. The van der Waals surface area contributed by atoms with Gasteiger partial charge in [-0.15, -0.1) is 0 Å². The summed E-state index contributed by atoms with van der Waals surface area (Å²) in [6.45, 7) is 8.64. The first-order valence-corrected chi connectivity index (χ1v) is 7.53. The monoisotopic (exact) mass is 286 g/mol. The number of methoxy groups -OCH3 is 1. The lowest BCUT2D eigenvalue weighted by Gasteiger charge is -2.32. The maximum absolute atomic E-state index is 12.0. The van der Waals surface area contributed by atoms with E-state index in [2.05, 4.69) is 17.3 Å². The van der Waals surface area contributed by atoms with Crippen LogP contribution in [0.3, 0.4) is 0 Å². The predicted octanol–water partition coefficient (Wildman–Crippen LogP) is 1.42. The molecule has 0 aromatic carbocycles. The fourth-order valence-corrected chi connectivity index (χ4v) is 2.74. The van der Waals surface area contributed by atoms with Crippen molar-refractivity contribution in [1.82, 2.24) is 10.2 Å². The van der Waals surface area contributed by atoms with Crippen LogP contribution >= 0.6 is 0 Å². The molecule has 0 aromatic heterocycles. The third kappa shape index (κ3) is 5.38. The number of rotatable bonds is 8. The molecule has 1 saturated heterocycles. The van der Waals surface area contributed by atoms with Crippen LogP contribution in [0.4, 0.5) is 0 Å². The second-order valence-electron chi connectivity index (χ2n) is 6.27. The topological polar surface area (TPSA) is 50.8 Å². The molecule has 1 aliphatic rings. The Balaban J connectivity index is 2.45. The largest absolute Gasteiger partial charge is 0.468 e. The maximum atomic E-state index is 12.0. The van der Waals surface area contributed by atoms with Crippen LogP contribution in [0.25, 0.3) is 0 Å². The summed E-state index contributed by atoms with van der Waals surface area (Å²) in [5, 5.41) is 3.32. The quantitative estimate of drug-likeness (QED) is 0.684. The third-order valence-electron chi connectivity index (χ3n) is 3.78. The molecule has 0 saturated carbocycles. The summed E-state index contributed by atoms with van der Waals surface area (Å²) in [6, 6.07) is 0.238. The number of carbonyl (C=O) groups is 1. The summed E-state index contributed by atoms with van der Waals surface area (Å²) in [6.07, 6.45) is 3.37. The number of carbonyl (C=O) groups excluding carboxylic acids is 1. The normalized spacial score (nSPS) is 22.2. The Bertz CT molecular complexity index is 303. The molecule has 0 aromatic rings. The Labute approximate surface area is 123 Å². The Morgan fingerprint density at radius 1 is 1.55 bits per heavy atom. The average Bonchev–Trinajstić information content (AvgIpc) is 2.87. The van der Waals surface area contributed by atoms with E-state index in [0.29, 0.717) is 6.10 Å². The van der Waals surface area contributed by atoms with Crippen LogP contribution in [-0.4, -0.2) is 62.4 Å². The van der Waals surface area contributed by atoms with Gasteiger partial charge < -0.3 is 14.4 Å². The minimum Gasteiger partial charge on any atom is -0.468 e. The summed E-state index contributed by atoms with van der Waals surface area (Å²) in [5.74, 6) is -0.197. The highest BCUT2D eigenvalue weighted by atomic mass is 16.5. The molecule has 0 spiro atoms. The number of ether oxygens (including phenoxy) is 2. The van der Waals surface area contributed by atoms with Crippen LogP contribution < -0.4 is 5.32 Å². The summed E-state index contributed by atoms with van der Waals surface area (Å²) in [7, 11) is 3.52. The van der Waals surface area contributed by atoms with Crippen molar-refractivity contribution in [3.8, 4) is 0 Å². The van der Waals surface area contributed by atoms with Crippen molar-refractivity contribution in [3.05, 3.63) is 0 Å². The Kier molecular flexibility index (Phi) is 6.92. The first-order chi connectivity index (χ1) is 9.37. The van der Waals surface area contributed by atoms with Crippen molar-refractivity contribution in [2.24, 2.45) is 0 Å². The molecule has 1 rings (SSSR count). The molecule has 0 amide bonds. The van der Waals surface area contributed by atoms with Crippen LogP contribution in [0.15, 0.2) is 0 Å². The van der Waals surface area contributed by atoms with Crippen LogP contribution in [0.5, 0.6) is 0 Å². The predicted molar refractivity (Wildman–Crippen MR) is 79.8 cm³/mol. The van der Waals surface area contributed by atoms with Gasteiger partial charge in [0.15, 0.2) is 0 Å². The van der Waals surface area contributed by atoms with Crippen LogP contribution in [0, 0.1) is 0 Å². The molecule has 1 aliphatic heterocycles. The number of nitrogens with zero attached hydrogens (tertiary/aromatic N) is 1. The lowest BCUT2D eigenvalue weighted by atomic mass is 9.96. The van der Waals surface area contributed by atoms with E-state index in [1.807, 2.05) is 20.8 Å². The van der Waals surface area contributed by atoms with E-state index in [9.17, 15) is 4.79 Å². The maximum Gasteiger partial charge on any atom is 0.325 e. The summed E-state index contributed by atoms with van der Waals surface area (Å²) < 4.78 is 10.6. The standard InChI is InChI=1S/C15H30N2O3/c1-12(2)16-15(3,14(18)19-5)8-9-17(4)11-13-7-6-10-20-13/h12-13,16H,6-11H2,1-5H3. The number of esters is 1. The lowest BCUT2D eigenvalue weighted by molar-refractivity contribution is -0.148. The van der Waals surface area contributed by atoms with E-state index in [-0.39, 0.29) is 12.0 Å². The molecule has 118 valence electrons. The molecule has 2 unspecified atom stereocenters. The number of likely N-dealkylation sites (N-methyl/N-ethyl adjacent to an activating group) is 1. The fraction of sp³-hybridized carbons (Fsp3) is 0.933. The van der Waals surface area contributed by atoms with Gasteiger partial charge in [0.1, 0.15) is 5.54 Å². The highest BCUT2D eigenvalue weighted by Gasteiger charge is 2.34. The number of nitrogens with one attached hydrogen (secondary N) is 1. The van der Waals surface area contributed by atoms with E-state index in [1.165, 1.54) is 7.11 Å². The molecule has 2 atom stereocenters. The van der Waals surface area contributed by atoms with Gasteiger partial charge in [-0.2, -0.15) is 0 Å². The first kappa shape index (κ1) is 17.4. The zero-order chi connectivity index (χ0) is 15.2. The molecule has 0 aliphatic carbocycles. The fourth-order valence-electron chi connectivity index (χ4n) is 2.74. The van der Waals surface area contributed by atoms with Crippen molar-refractivity contribution in [2.45, 2.75) is 57.7 Å². The molecule has 0 radical (unpaired) electrons. The lowest BCUT2D eigenvalue weighted by Crippen LogP contribution is -2.54. The average molecular weight is 286 g/mol. The van der Waals surface area contributed by atoms with Gasteiger partial charge in [-0.05, 0) is 47.1 Å². The zero-order valence-corrected chi connectivity index (χ0v) is 13.6. The van der Waals surface area contributed by atoms with E-state index in [0.717, 1.165) is 39.0 Å². The summed E-state index contributed by atoms with van der Waals surface area (Å²) in [5.41, 5.74) is -0.631. The van der Waals surface area contributed by atoms with Crippen LogP contribution in [0.1, 0.15) is 40.0 Å². The molecule has 1 heterocycles. The number of hydrogen-bond acceptors (Lipinski definition) is 5. The van der Waals surface area contributed by atoms with Crippen LogP contribution in [0.2, 0.25) is 0 Å². The molecule has 5 heteroatoms. The van der Waals surface area contributed by atoms with Crippen LogP contribution in [-0.2, 0) is 14.3 Å². The van der Waals surface area contributed by atoms with Crippen molar-refractivity contribution in [1.29, 1.82) is 0 Å². The molecule has 1 N–H and O–H groups in total. The third-order valence-corrected chi connectivity index (χ3v) is 3.78. The Morgan fingerprint density at radius 3 is 2.75 bits per heavy atom. The van der Waals surface area contributed by atoms with Crippen molar-refractivity contribution >= 4 is 5.97 Å². The smallest absolute Gasteiger partial charge is 0.325 e. The second kappa shape index (κ2) is 7.96. The summed E-state index contributed by atoms with van der Waals surface area (Å²) >= 11 is 0. The zero-order valence-electron chi connectivity index (χ0n) is 13.6. The number of hydrogen-bond donors (Lipinski definition) is 1. The summed E-state index contributed by atoms with van der Waals surface area (Å²) in [4.78, 5) is 14.2. The highest BCUT2D eigenvalue weighted by molar-refractivity contribution is 5.80. The minimum absolute atomic E-state index is 0.197. The molecule has 0 bridgehead atoms. The van der Waals surface area contributed by atoms with Gasteiger partial charge in [0.2, 0.25) is 0 Å². The Morgan fingerprint density at radius 2 is 2.25 bits per heavy atom. The van der Waals surface area contributed by atoms with E-state index >= 15 is 0 Å². The van der Waals surface area contributed by atoms with Crippen molar-refractivity contribution in [2.75, 3.05) is 33.9 Å². The van der Waals surface area contributed by atoms with Gasteiger partial charge in [-0.3, -0.25) is 10.1 Å². The molecule has 5 nitrogen and oxygen atoms in total. The molecule has 20 heavy (non-hydrogen) atoms. The van der Waals surface area contributed by atoms with E-state index in [4.69, 9.17) is 9.47 Å². The van der Waals surface area contributed by atoms with Gasteiger partial charge in [-0.25, -0.2) is 0 Å². The first-order valence-electron chi connectivity index (χ1n) is 7.53. The van der Waals surface area contributed by atoms with Crippen molar-refractivity contribution < 1.29 is 14.3 Å². The Hall–Kier alpha value is -0.650. The SMILES string of the molecule is COC(=O)C(C)(CCN(C)CC1CCCO1)NC(C)C.